The molecular weight excluding hydrogens is 472 g/mol. The zero-order valence-electron chi connectivity index (χ0n) is 23.8. The Bertz CT molecular complexity index is 1050. The lowest BCUT2D eigenvalue weighted by molar-refractivity contribution is -0.135. The Kier molecular flexibility index (Phi) is 13.2. The summed E-state index contributed by atoms with van der Waals surface area (Å²) in [6.07, 6.45) is 4.51. The highest BCUT2D eigenvalue weighted by molar-refractivity contribution is 6.00. The fraction of sp³-hybridized carbons (Fsp3) is 0.414. The lowest BCUT2D eigenvalue weighted by Gasteiger charge is -2.29. The number of allylic oxidation sites excluding steroid dienone is 1. The van der Waals surface area contributed by atoms with E-state index < -0.39 is 18.0 Å². The summed E-state index contributed by atoms with van der Waals surface area (Å²) in [5.41, 5.74) is 1.97. The van der Waals surface area contributed by atoms with Gasteiger partial charge in [-0.3, -0.25) is 4.79 Å². The van der Waals surface area contributed by atoms with Gasteiger partial charge in [0.05, 0.1) is 25.5 Å². The highest BCUT2D eigenvalue weighted by Crippen LogP contribution is 2.40. The molecule has 0 spiro atoms. The molecule has 2 N–H and O–H groups in total. The summed E-state index contributed by atoms with van der Waals surface area (Å²) < 4.78 is 14.8. The van der Waals surface area contributed by atoms with Crippen LogP contribution in [0.1, 0.15) is 66.5 Å². The number of amides is 1. The van der Waals surface area contributed by atoms with Gasteiger partial charge in [-0.25, -0.2) is 9.59 Å². The number of esters is 1. The first-order valence-corrected chi connectivity index (χ1v) is 12.0. The van der Waals surface area contributed by atoms with Crippen molar-refractivity contribution in [1.29, 1.82) is 0 Å². The first-order valence-electron chi connectivity index (χ1n) is 12.0. The normalized spacial score (nSPS) is 11.8. The van der Waals surface area contributed by atoms with E-state index in [4.69, 9.17) is 9.47 Å². The van der Waals surface area contributed by atoms with Crippen LogP contribution in [-0.2, 0) is 29.9 Å². The molecule has 1 rings (SSSR count). The number of ether oxygens (including phenoxy) is 3. The smallest absolute Gasteiger partial charge is 0.465 e. The van der Waals surface area contributed by atoms with Gasteiger partial charge in [-0.05, 0) is 28.5 Å². The Morgan fingerprint density at radius 1 is 0.865 bits per heavy atom. The van der Waals surface area contributed by atoms with E-state index in [9.17, 15) is 14.4 Å². The standard InChI is InChI=1S/C27H36N2O6.C2H6/c1-11-17(24(31)33-9)20(12-2)28-14-13-23(30)29-21-16-22(35-25(32)34-10)19(27(6,7)8)15-18(21)26(3,4)5;1-2/h11-16,28H,1-2H2,3-10H3,(H,29,30);1-2H3/b14-13+,20-17-;. The molecule has 0 bridgehead atoms. The minimum atomic E-state index is -0.854. The van der Waals surface area contributed by atoms with E-state index in [1.807, 2.05) is 61.5 Å². The summed E-state index contributed by atoms with van der Waals surface area (Å²) >= 11 is 0. The number of methoxy groups -OCH3 is 2. The molecular formula is C29H42N2O6. The minimum Gasteiger partial charge on any atom is -0.465 e. The van der Waals surface area contributed by atoms with Gasteiger partial charge in [-0.2, -0.15) is 0 Å². The van der Waals surface area contributed by atoms with Crippen LogP contribution in [0.2, 0.25) is 0 Å². The highest BCUT2D eigenvalue weighted by Gasteiger charge is 2.27. The van der Waals surface area contributed by atoms with Crippen molar-refractivity contribution in [3.63, 3.8) is 0 Å². The van der Waals surface area contributed by atoms with Crippen molar-refractivity contribution in [3.8, 4) is 5.75 Å². The van der Waals surface area contributed by atoms with Crippen molar-refractivity contribution in [3.05, 3.63) is 72.1 Å². The molecule has 0 unspecified atom stereocenters. The number of hydrogen-bond acceptors (Lipinski definition) is 7. The summed E-state index contributed by atoms with van der Waals surface area (Å²) in [6.45, 7) is 23.3. The van der Waals surface area contributed by atoms with Crippen molar-refractivity contribution >= 4 is 23.7 Å². The van der Waals surface area contributed by atoms with Crippen LogP contribution < -0.4 is 15.4 Å². The van der Waals surface area contributed by atoms with Gasteiger partial charge in [0.2, 0.25) is 5.91 Å². The van der Waals surface area contributed by atoms with Gasteiger partial charge in [0.15, 0.2) is 0 Å². The number of hydrogen-bond donors (Lipinski definition) is 2. The Morgan fingerprint density at radius 3 is 1.86 bits per heavy atom. The van der Waals surface area contributed by atoms with E-state index in [-0.39, 0.29) is 16.4 Å². The zero-order chi connectivity index (χ0) is 29.0. The number of carbonyl (C=O) groups is 3. The summed E-state index contributed by atoms with van der Waals surface area (Å²) in [6, 6.07) is 3.56. The van der Waals surface area contributed by atoms with E-state index in [2.05, 4.69) is 28.5 Å². The molecule has 0 aliphatic heterocycles. The van der Waals surface area contributed by atoms with Crippen LogP contribution in [0, 0.1) is 0 Å². The van der Waals surface area contributed by atoms with Gasteiger partial charge >= 0.3 is 12.1 Å². The summed E-state index contributed by atoms with van der Waals surface area (Å²) in [5.74, 6) is -0.746. The minimum absolute atomic E-state index is 0.171. The van der Waals surface area contributed by atoms with Gasteiger partial charge in [0, 0.05) is 29.6 Å². The van der Waals surface area contributed by atoms with Gasteiger partial charge in [-0.15, -0.1) is 0 Å². The molecule has 0 aliphatic rings. The van der Waals surface area contributed by atoms with Crippen molar-refractivity contribution in [2.24, 2.45) is 0 Å². The van der Waals surface area contributed by atoms with Crippen LogP contribution in [-0.4, -0.2) is 32.3 Å². The maximum atomic E-state index is 12.7. The third-order valence-electron chi connectivity index (χ3n) is 4.93. The molecule has 0 aromatic heterocycles. The Morgan fingerprint density at radius 2 is 1.43 bits per heavy atom. The molecule has 1 aromatic rings. The predicted octanol–water partition coefficient (Wildman–Crippen LogP) is 6.29. The SMILES string of the molecule is C=C/C(N/C=C/C(=O)Nc1cc(OC(=O)OC)c(C(C)(C)C)cc1C(C)(C)C)=C(\C=C)C(=O)OC.CC. The molecule has 8 heteroatoms. The van der Waals surface area contributed by atoms with Crippen LogP contribution in [0.5, 0.6) is 5.75 Å². The number of rotatable bonds is 8. The number of carbonyl (C=O) groups excluding carboxylic acids is 3. The fourth-order valence-corrected chi connectivity index (χ4v) is 3.15. The maximum absolute atomic E-state index is 12.7. The number of anilines is 1. The average molecular weight is 515 g/mol. The highest BCUT2D eigenvalue weighted by atomic mass is 16.7. The lowest BCUT2D eigenvalue weighted by Crippen LogP contribution is -2.22. The van der Waals surface area contributed by atoms with Gasteiger partial charge in [0.25, 0.3) is 0 Å². The van der Waals surface area contributed by atoms with Crippen molar-refractivity contribution < 1.29 is 28.6 Å². The third-order valence-corrected chi connectivity index (χ3v) is 4.93. The maximum Gasteiger partial charge on any atom is 0.513 e. The Labute approximate surface area is 221 Å². The quantitative estimate of drug-likeness (QED) is 0.182. The molecule has 37 heavy (non-hydrogen) atoms. The molecule has 0 saturated carbocycles. The summed E-state index contributed by atoms with van der Waals surface area (Å²) in [7, 11) is 2.48. The number of benzene rings is 1. The van der Waals surface area contributed by atoms with Gasteiger partial charge < -0.3 is 24.8 Å². The molecule has 0 radical (unpaired) electrons. The van der Waals surface area contributed by atoms with E-state index >= 15 is 0 Å². The lowest BCUT2D eigenvalue weighted by atomic mass is 9.79. The molecule has 0 aliphatic carbocycles. The van der Waals surface area contributed by atoms with Crippen molar-refractivity contribution in [1.82, 2.24) is 5.32 Å². The average Bonchev–Trinajstić information content (AvgIpc) is 2.82. The first kappa shape index (κ1) is 33.2. The topological polar surface area (TPSA) is 103 Å². The van der Waals surface area contributed by atoms with E-state index in [1.54, 1.807) is 6.07 Å². The van der Waals surface area contributed by atoms with Crippen LogP contribution in [0.3, 0.4) is 0 Å². The molecule has 204 valence electrons. The molecule has 0 atom stereocenters. The zero-order valence-corrected chi connectivity index (χ0v) is 23.8. The summed E-state index contributed by atoms with van der Waals surface area (Å²) in [5, 5.41) is 5.68. The van der Waals surface area contributed by atoms with Gasteiger partial charge in [-0.1, -0.05) is 74.6 Å². The molecule has 0 heterocycles. The van der Waals surface area contributed by atoms with E-state index in [0.717, 1.165) is 11.1 Å². The first-order chi connectivity index (χ1) is 17.2. The van der Waals surface area contributed by atoms with Crippen LogP contribution >= 0.6 is 0 Å². The van der Waals surface area contributed by atoms with Crippen LogP contribution in [0.4, 0.5) is 10.5 Å². The Balaban J connectivity index is 0.00000631. The molecule has 1 aromatic carbocycles. The van der Waals surface area contributed by atoms with Crippen molar-refractivity contribution in [2.45, 2.75) is 66.2 Å². The second-order valence-corrected chi connectivity index (χ2v) is 9.64. The second-order valence-electron chi connectivity index (χ2n) is 9.64. The molecule has 0 saturated heterocycles. The molecule has 0 fully saturated rings. The predicted molar refractivity (Wildman–Crippen MR) is 149 cm³/mol. The molecule has 8 nitrogen and oxygen atoms in total. The van der Waals surface area contributed by atoms with Crippen molar-refractivity contribution in [2.75, 3.05) is 19.5 Å². The summed E-state index contributed by atoms with van der Waals surface area (Å²) in [4.78, 5) is 36.4. The second kappa shape index (κ2) is 14.7. The van der Waals surface area contributed by atoms with E-state index in [0.29, 0.717) is 17.1 Å². The third kappa shape index (κ3) is 9.99. The van der Waals surface area contributed by atoms with Crippen LogP contribution in [0.25, 0.3) is 0 Å². The number of nitrogens with one attached hydrogen (secondary N) is 2. The Hall–Kier alpha value is -3.81. The molecule has 1 amide bonds. The fourth-order valence-electron chi connectivity index (χ4n) is 3.15. The van der Waals surface area contributed by atoms with Gasteiger partial charge in [0.1, 0.15) is 5.75 Å². The largest absolute Gasteiger partial charge is 0.513 e. The van der Waals surface area contributed by atoms with E-state index in [1.165, 1.54) is 38.6 Å². The monoisotopic (exact) mass is 514 g/mol. The van der Waals surface area contributed by atoms with Crippen LogP contribution in [0.15, 0.2) is 61.0 Å².